The Morgan fingerprint density at radius 1 is 1.05 bits per heavy atom. The van der Waals surface area contributed by atoms with E-state index >= 15 is 4.39 Å². The molecule has 5 heterocycles. The summed E-state index contributed by atoms with van der Waals surface area (Å²) in [5.74, 6) is 0.258. The molecule has 2 aliphatic heterocycles. The first-order valence-corrected chi connectivity index (χ1v) is 12.8. The van der Waals surface area contributed by atoms with Gasteiger partial charge < -0.3 is 19.9 Å². The van der Waals surface area contributed by atoms with Gasteiger partial charge in [-0.25, -0.2) is 33.5 Å². The molecular weight excluding hydrogens is 506 g/mol. The number of amides is 1. The van der Waals surface area contributed by atoms with E-state index in [9.17, 15) is 9.18 Å². The summed E-state index contributed by atoms with van der Waals surface area (Å²) in [7, 11) is 0. The number of anilines is 2. The molecule has 0 atom stereocenters. The Hall–Kier alpha value is -4.19. The van der Waals surface area contributed by atoms with Crippen molar-refractivity contribution in [2.75, 3.05) is 31.5 Å². The largest absolute Gasteiger partial charge is 0.465 e. The smallest absolute Gasteiger partial charge is 0.407 e. The van der Waals surface area contributed by atoms with Crippen LogP contribution < -0.4 is 5.32 Å². The summed E-state index contributed by atoms with van der Waals surface area (Å²) < 4.78 is 32.0. The van der Waals surface area contributed by atoms with Crippen LogP contribution in [0, 0.1) is 11.6 Å². The van der Waals surface area contributed by atoms with Gasteiger partial charge in [-0.15, -0.1) is 0 Å². The molecule has 0 spiro atoms. The van der Waals surface area contributed by atoms with Gasteiger partial charge in [-0.05, 0) is 44.0 Å². The third-order valence-corrected chi connectivity index (χ3v) is 7.48. The normalized spacial score (nSPS) is 17.0. The minimum absolute atomic E-state index is 0.0169. The molecule has 0 bridgehead atoms. The Labute approximate surface area is 223 Å². The number of imidazole rings is 1. The highest BCUT2D eigenvalue weighted by atomic mass is 19.1. The lowest BCUT2D eigenvalue weighted by atomic mass is 10.0. The van der Waals surface area contributed by atoms with Gasteiger partial charge in [0.05, 0.1) is 11.7 Å². The summed E-state index contributed by atoms with van der Waals surface area (Å²) in [4.78, 5) is 32.0. The molecule has 202 valence electrons. The number of rotatable bonds is 5. The number of halogens is 2. The van der Waals surface area contributed by atoms with Gasteiger partial charge >= 0.3 is 6.09 Å². The number of aryl methyl sites for hydroxylation is 1. The Morgan fingerprint density at radius 3 is 2.56 bits per heavy atom. The number of nitrogens with zero attached hydrogens (tertiary/aromatic N) is 7. The Bertz CT molecular complexity index is 1560. The van der Waals surface area contributed by atoms with Crippen molar-refractivity contribution in [2.45, 2.75) is 38.8 Å². The molecule has 1 amide bonds. The van der Waals surface area contributed by atoms with E-state index in [1.54, 1.807) is 18.3 Å². The fourth-order valence-corrected chi connectivity index (χ4v) is 5.38. The molecule has 4 aromatic rings. The first-order chi connectivity index (χ1) is 18.7. The van der Waals surface area contributed by atoms with Crippen LogP contribution in [0.3, 0.4) is 0 Å². The molecule has 3 aromatic heterocycles. The third-order valence-electron chi connectivity index (χ3n) is 7.48. The molecule has 0 aliphatic carbocycles. The number of benzene rings is 1. The summed E-state index contributed by atoms with van der Waals surface area (Å²) >= 11 is 0. The summed E-state index contributed by atoms with van der Waals surface area (Å²) in [6.45, 7) is 7.09. The van der Waals surface area contributed by atoms with E-state index in [1.165, 1.54) is 11.0 Å². The van der Waals surface area contributed by atoms with Crippen molar-refractivity contribution >= 4 is 28.9 Å². The maximum Gasteiger partial charge on any atom is 0.407 e. The number of hydrogen-bond donors (Lipinski definition) is 2. The van der Waals surface area contributed by atoms with Crippen LogP contribution in [0.5, 0.6) is 0 Å². The van der Waals surface area contributed by atoms with Crippen LogP contribution in [-0.4, -0.2) is 71.7 Å². The van der Waals surface area contributed by atoms with E-state index < -0.39 is 17.7 Å². The summed E-state index contributed by atoms with van der Waals surface area (Å²) in [5, 5.41) is 12.1. The number of carboxylic acid groups (broad SMARTS) is 1. The predicted molar refractivity (Wildman–Crippen MR) is 141 cm³/mol. The molecule has 0 saturated carbocycles. The molecule has 0 unspecified atom stereocenters. The van der Waals surface area contributed by atoms with Gasteiger partial charge in [0.2, 0.25) is 5.95 Å². The maximum absolute atomic E-state index is 15.1. The lowest BCUT2D eigenvalue weighted by Gasteiger charge is -2.32. The number of nitrogens with one attached hydrogen (secondary N) is 1. The van der Waals surface area contributed by atoms with Crippen LogP contribution in [-0.2, 0) is 18.5 Å². The molecule has 12 heteroatoms. The topological polar surface area (TPSA) is 112 Å². The second-order valence-corrected chi connectivity index (χ2v) is 10.6. The van der Waals surface area contributed by atoms with Crippen molar-refractivity contribution in [3.63, 3.8) is 0 Å². The zero-order chi connectivity index (χ0) is 27.3. The minimum Gasteiger partial charge on any atom is -0.465 e. The van der Waals surface area contributed by atoms with Gasteiger partial charge in [0.15, 0.2) is 11.6 Å². The quantitative estimate of drug-likeness (QED) is 0.388. The first kappa shape index (κ1) is 25.1. The lowest BCUT2D eigenvalue weighted by molar-refractivity contribution is 0.103. The van der Waals surface area contributed by atoms with Crippen LogP contribution in [0.2, 0.25) is 0 Å². The molecule has 1 saturated heterocycles. The highest BCUT2D eigenvalue weighted by molar-refractivity contribution is 5.83. The van der Waals surface area contributed by atoms with Gasteiger partial charge in [-0.3, -0.25) is 4.90 Å². The van der Waals surface area contributed by atoms with E-state index in [0.717, 1.165) is 30.4 Å². The van der Waals surface area contributed by atoms with Crippen LogP contribution in [0.4, 0.5) is 25.3 Å². The van der Waals surface area contributed by atoms with E-state index in [0.29, 0.717) is 49.6 Å². The Morgan fingerprint density at radius 2 is 1.85 bits per heavy atom. The van der Waals surface area contributed by atoms with Gasteiger partial charge in [0.1, 0.15) is 22.9 Å². The van der Waals surface area contributed by atoms with E-state index in [-0.39, 0.29) is 22.7 Å². The number of piperazine rings is 1. The second kappa shape index (κ2) is 9.53. The summed E-state index contributed by atoms with van der Waals surface area (Å²) in [6.07, 6.45) is 3.56. The standard InChI is InChI=1S/C27H28F2N8O2/c1-27(2)6-5-22-33-24-18(28)11-17(12-20(24)37(22)27)23-19(29)14-31-25(34-23)32-21-4-3-16(13-30-21)15-35-7-9-36(10-8-35)26(38)39/h3-4,11-14H,5-10,15H2,1-2H3,(H,38,39)(H,30,31,32,34). The molecule has 2 aliphatic rings. The molecule has 1 aromatic carbocycles. The van der Waals surface area contributed by atoms with E-state index in [4.69, 9.17) is 5.11 Å². The van der Waals surface area contributed by atoms with Crippen molar-refractivity contribution in [2.24, 2.45) is 0 Å². The van der Waals surface area contributed by atoms with Gasteiger partial charge in [0, 0.05) is 56.4 Å². The summed E-state index contributed by atoms with van der Waals surface area (Å²) in [6, 6.07) is 6.68. The molecule has 39 heavy (non-hydrogen) atoms. The van der Waals surface area contributed by atoms with E-state index in [1.807, 2.05) is 10.6 Å². The molecule has 6 rings (SSSR count). The second-order valence-electron chi connectivity index (χ2n) is 10.6. The van der Waals surface area contributed by atoms with Crippen molar-refractivity contribution in [1.29, 1.82) is 0 Å². The lowest BCUT2D eigenvalue weighted by Crippen LogP contribution is -2.47. The minimum atomic E-state index is -0.891. The molecule has 10 nitrogen and oxygen atoms in total. The predicted octanol–water partition coefficient (Wildman–Crippen LogP) is 4.39. The van der Waals surface area contributed by atoms with Gasteiger partial charge in [-0.1, -0.05) is 6.07 Å². The Kier molecular flexibility index (Phi) is 6.13. The highest BCUT2D eigenvalue weighted by Gasteiger charge is 2.33. The number of carbonyl (C=O) groups is 1. The third kappa shape index (κ3) is 4.76. The average Bonchev–Trinajstić information content (AvgIpc) is 3.44. The number of aromatic nitrogens is 5. The number of fused-ring (bicyclic) bond motifs is 3. The van der Waals surface area contributed by atoms with Crippen LogP contribution in [0.25, 0.3) is 22.3 Å². The van der Waals surface area contributed by atoms with Crippen molar-refractivity contribution in [1.82, 2.24) is 34.3 Å². The average molecular weight is 535 g/mol. The summed E-state index contributed by atoms with van der Waals surface area (Å²) in [5.41, 5.74) is 1.96. The van der Waals surface area contributed by atoms with Crippen molar-refractivity contribution < 1.29 is 18.7 Å². The highest BCUT2D eigenvalue weighted by Crippen LogP contribution is 2.38. The van der Waals surface area contributed by atoms with Gasteiger partial charge in [0.25, 0.3) is 0 Å². The zero-order valence-corrected chi connectivity index (χ0v) is 21.7. The Balaban J connectivity index is 1.20. The number of pyridine rings is 1. The van der Waals surface area contributed by atoms with Crippen molar-refractivity contribution in [3.8, 4) is 11.3 Å². The monoisotopic (exact) mass is 534 g/mol. The fourth-order valence-electron chi connectivity index (χ4n) is 5.38. The SMILES string of the molecule is CC1(C)CCc2nc3c(F)cc(-c4nc(Nc5ccc(CN6CCN(C(=O)O)CC6)cn5)ncc4F)cc3n21. The molecule has 2 N–H and O–H groups in total. The fraction of sp³-hybridized carbons (Fsp3) is 0.370. The number of hydrogen-bond acceptors (Lipinski definition) is 7. The molecular formula is C27H28F2N8O2. The maximum atomic E-state index is 15.1. The zero-order valence-electron chi connectivity index (χ0n) is 21.7. The molecule has 0 radical (unpaired) electrons. The van der Waals surface area contributed by atoms with Crippen LogP contribution >= 0.6 is 0 Å². The van der Waals surface area contributed by atoms with Crippen LogP contribution in [0.1, 0.15) is 31.7 Å². The van der Waals surface area contributed by atoms with Crippen molar-refractivity contribution in [3.05, 3.63) is 59.7 Å². The van der Waals surface area contributed by atoms with Gasteiger partial charge in [-0.2, -0.15) is 0 Å². The first-order valence-electron chi connectivity index (χ1n) is 12.8. The van der Waals surface area contributed by atoms with E-state index in [2.05, 4.69) is 44.0 Å². The van der Waals surface area contributed by atoms with Crippen LogP contribution in [0.15, 0.2) is 36.7 Å². The molecule has 1 fully saturated rings.